The van der Waals surface area contributed by atoms with Gasteiger partial charge in [-0.25, -0.2) is 4.79 Å². The van der Waals surface area contributed by atoms with Gasteiger partial charge in [0, 0.05) is 18.8 Å². The second-order valence-electron chi connectivity index (χ2n) is 8.24. The minimum atomic E-state index is -0.127. The molecule has 0 aliphatic heterocycles. The third-order valence-electron chi connectivity index (χ3n) is 5.66. The van der Waals surface area contributed by atoms with E-state index in [0.717, 1.165) is 34.5 Å². The van der Waals surface area contributed by atoms with Gasteiger partial charge in [0.2, 0.25) is 0 Å². The summed E-state index contributed by atoms with van der Waals surface area (Å²) >= 11 is 0. The molecule has 0 saturated carbocycles. The largest absolute Gasteiger partial charge is 0.489 e. The van der Waals surface area contributed by atoms with E-state index in [-0.39, 0.29) is 6.03 Å². The molecule has 0 atom stereocenters. The van der Waals surface area contributed by atoms with Crippen LogP contribution in [0.2, 0.25) is 0 Å². The molecular weight excluding hydrogens is 420 g/mol. The summed E-state index contributed by atoms with van der Waals surface area (Å²) in [7, 11) is 0. The van der Waals surface area contributed by atoms with E-state index in [2.05, 4.69) is 12.2 Å². The van der Waals surface area contributed by atoms with Crippen LogP contribution in [0.15, 0.2) is 109 Å². The summed E-state index contributed by atoms with van der Waals surface area (Å²) < 4.78 is 5.90. The number of urea groups is 1. The molecule has 0 spiro atoms. The number of hydrogen-bond donors (Lipinski definition) is 1. The van der Waals surface area contributed by atoms with Crippen molar-refractivity contribution in [2.24, 2.45) is 0 Å². The van der Waals surface area contributed by atoms with E-state index in [4.69, 9.17) is 4.74 Å². The highest BCUT2D eigenvalue weighted by Gasteiger charge is 2.15. The molecule has 4 heteroatoms. The van der Waals surface area contributed by atoms with Crippen molar-refractivity contribution < 1.29 is 9.53 Å². The van der Waals surface area contributed by atoms with Gasteiger partial charge in [-0.1, -0.05) is 91.9 Å². The third-order valence-corrected chi connectivity index (χ3v) is 5.66. The predicted molar refractivity (Wildman–Crippen MR) is 138 cm³/mol. The van der Waals surface area contributed by atoms with Crippen LogP contribution in [0.4, 0.5) is 10.5 Å². The summed E-state index contributed by atoms with van der Waals surface area (Å²) in [5, 5.41) is 3.05. The SMILES string of the molecule is CCc1ccc(NC(=O)N(Cc2ccccc2)Cc2ccc(OCc3ccccc3)cc2)cc1. The minimum absolute atomic E-state index is 0.127. The van der Waals surface area contributed by atoms with E-state index in [1.807, 2.05) is 114 Å². The van der Waals surface area contributed by atoms with Gasteiger partial charge in [-0.2, -0.15) is 0 Å². The maximum Gasteiger partial charge on any atom is 0.322 e. The van der Waals surface area contributed by atoms with Gasteiger partial charge in [0.1, 0.15) is 12.4 Å². The number of amides is 2. The van der Waals surface area contributed by atoms with E-state index >= 15 is 0 Å². The van der Waals surface area contributed by atoms with Gasteiger partial charge in [0.15, 0.2) is 0 Å². The van der Waals surface area contributed by atoms with E-state index in [9.17, 15) is 4.79 Å². The number of aryl methyl sites for hydroxylation is 1. The zero-order chi connectivity index (χ0) is 23.6. The molecule has 0 saturated heterocycles. The lowest BCUT2D eigenvalue weighted by molar-refractivity contribution is 0.206. The number of hydrogen-bond acceptors (Lipinski definition) is 2. The van der Waals surface area contributed by atoms with Gasteiger partial charge in [-0.3, -0.25) is 0 Å². The second-order valence-corrected chi connectivity index (χ2v) is 8.24. The van der Waals surface area contributed by atoms with Crippen molar-refractivity contribution in [2.75, 3.05) is 5.32 Å². The molecule has 0 aliphatic carbocycles. The van der Waals surface area contributed by atoms with Gasteiger partial charge in [-0.05, 0) is 52.9 Å². The topological polar surface area (TPSA) is 41.6 Å². The molecule has 1 N–H and O–H groups in total. The van der Waals surface area contributed by atoms with Crippen LogP contribution in [0.1, 0.15) is 29.2 Å². The van der Waals surface area contributed by atoms with Crippen LogP contribution >= 0.6 is 0 Å². The molecule has 4 nitrogen and oxygen atoms in total. The Labute approximate surface area is 201 Å². The second kappa shape index (κ2) is 11.7. The molecule has 0 fully saturated rings. The van der Waals surface area contributed by atoms with Crippen LogP contribution in [0.25, 0.3) is 0 Å². The number of nitrogens with zero attached hydrogens (tertiary/aromatic N) is 1. The number of carbonyl (C=O) groups excluding carboxylic acids is 1. The summed E-state index contributed by atoms with van der Waals surface area (Å²) in [6.07, 6.45) is 0.972. The summed E-state index contributed by atoms with van der Waals surface area (Å²) in [6.45, 7) is 3.66. The Kier molecular flexibility index (Phi) is 7.96. The number of carbonyl (C=O) groups is 1. The van der Waals surface area contributed by atoms with E-state index in [1.165, 1.54) is 5.56 Å². The fraction of sp³-hybridized carbons (Fsp3) is 0.167. The fourth-order valence-corrected chi connectivity index (χ4v) is 3.68. The Morgan fingerprint density at radius 2 is 1.21 bits per heavy atom. The van der Waals surface area contributed by atoms with Crippen molar-refractivity contribution in [2.45, 2.75) is 33.0 Å². The summed E-state index contributed by atoms with van der Waals surface area (Å²) in [5.74, 6) is 0.808. The molecule has 0 bridgehead atoms. The predicted octanol–water partition coefficient (Wildman–Crippen LogP) is 7.06. The van der Waals surface area contributed by atoms with Gasteiger partial charge in [0.25, 0.3) is 0 Å². The highest BCUT2D eigenvalue weighted by molar-refractivity contribution is 5.89. The first kappa shape index (κ1) is 23.1. The number of rotatable bonds is 9. The van der Waals surface area contributed by atoms with Gasteiger partial charge < -0.3 is 15.0 Å². The lowest BCUT2D eigenvalue weighted by Gasteiger charge is -2.24. The minimum Gasteiger partial charge on any atom is -0.489 e. The smallest absolute Gasteiger partial charge is 0.322 e. The van der Waals surface area contributed by atoms with Crippen molar-refractivity contribution in [3.63, 3.8) is 0 Å². The van der Waals surface area contributed by atoms with Crippen molar-refractivity contribution in [3.05, 3.63) is 131 Å². The molecule has 4 aromatic rings. The summed E-state index contributed by atoms with van der Waals surface area (Å²) in [6, 6.07) is 36.0. The van der Waals surface area contributed by atoms with Crippen molar-refractivity contribution in [1.82, 2.24) is 4.90 Å². The zero-order valence-corrected chi connectivity index (χ0v) is 19.5. The number of ether oxygens (including phenoxy) is 1. The highest BCUT2D eigenvalue weighted by atomic mass is 16.5. The molecule has 0 heterocycles. The molecule has 0 radical (unpaired) electrons. The molecule has 0 aliphatic rings. The summed E-state index contributed by atoms with van der Waals surface area (Å²) in [5.41, 5.74) is 5.30. The van der Waals surface area contributed by atoms with Crippen LogP contribution < -0.4 is 10.1 Å². The first-order valence-electron chi connectivity index (χ1n) is 11.6. The molecular formula is C30H30N2O2. The lowest BCUT2D eigenvalue weighted by atomic mass is 10.1. The van der Waals surface area contributed by atoms with E-state index < -0.39 is 0 Å². The van der Waals surface area contributed by atoms with Crippen molar-refractivity contribution in [3.8, 4) is 5.75 Å². The molecule has 172 valence electrons. The zero-order valence-electron chi connectivity index (χ0n) is 19.5. The van der Waals surface area contributed by atoms with Gasteiger partial charge in [0.05, 0.1) is 0 Å². The number of anilines is 1. The normalized spacial score (nSPS) is 10.5. The van der Waals surface area contributed by atoms with Crippen LogP contribution in [0.3, 0.4) is 0 Å². The van der Waals surface area contributed by atoms with Gasteiger partial charge in [-0.15, -0.1) is 0 Å². The maximum atomic E-state index is 13.2. The Bertz CT molecular complexity index is 1160. The Hall–Kier alpha value is -4.05. The van der Waals surface area contributed by atoms with Crippen LogP contribution in [0, 0.1) is 0 Å². The third kappa shape index (κ3) is 6.72. The van der Waals surface area contributed by atoms with Crippen LogP contribution in [0.5, 0.6) is 5.75 Å². The molecule has 0 aromatic heterocycles. The van der Waals surface area contributed by atoms with E-state index in [0.29, 0.717) is 19.7 Å². The van der Waals surface area contributed by atoms with Crippen molar-refractivity contribution >= 4 is 11.7 Å². The Morgan fingerprint density at radius 1 is 0.676 bits per heavy atom. The van der Waals surface area contributed by atoms with Crippen LogP contribution in [-0.4, -0.2) is 10.9 Å². The quantitative estimate of drug-likeness (QED) is 0.296. The average molecular weight is 451 g/mol. The molecule has 2 amide bonds. The molecule has 0 unspecified atom stereocenters. The first-order valence-corrected chi connectivity index (χ1v) is 11.6. The Balaban J connectivity index is 1.43. The highest BCUT2D eigenvalue weighted by Crippen LogP contribution is 2.18. The van der Waals surface area contributed by atoms with Crippen LogP contribution in [-0.2, 0) is 26.1 Å². The number of benzene rings is 4. The Morgan fingerprint density at radius 3 is 1.79 bits per heavy atom. The first-order chi connectivity index (χ1) is 16.7. The lowest BCUT2D eigenvalue weighted by Crippen LogP contribution is -2.34. The standard InChI is InChI=1S/C30H30N2O2/c1-2-24-13-17-28(18-14-24)31-30(33)32(21-25-9-5-3-6-10-25)22-26-15-19-29(20-16-26)34-23-27-11-7-4-8-12-27/h3-20H,2,21-23H2,1H3,(H,31,33). The van der Waals surface area contributed by atoms with Crippen molar-refractivity contribution in [1.29, 1.82) is 0 Å². The fourth-order valence-electron chi connectivity index (χ4n) is 3.68. The maximum absolute atomic E-state index is 13.2. The monoisotopic (exact) mass is 450 g/mol. The van der Waals surface area contributed by atoms with Gasteiger partial charge >= 0.3 is 6.03 Å². The summed E-state index contributed by atoms with van der Waals surface area (Å²) in [4.78, 5) is 15.0. The average Bonchev–Trinajstić information content (AvgIpc) is 2.89. The number of nitrogens with one attached hydrogen (secondary N) is 1. The molecule has 4 rings (SSSR count). The van der Waals surface area contributed by atoms with E-state index in [1.54, 1.807) is 0 Å². The molecule has 4 aromatic carbocycles. The molecule has 34 heavy (non-hydrogen) atoms.